The second-order valence-corrected chi connectivity index (χ2v) is 7.74. The number of rotatable bonds is 7. The van der Waals surface area contributed by atoms with E-state index in [-0.39, 0.29) is 0 Å². The van der Waals surface area contributed by atoms with Crippen LogP contribution in [0.1, 0.15) is 45.1 Å². The minimum Gasteiger partial charge on any atom is -0.356 e. The van der Waals surface area contributed by atoms with Gasteiger partial charge in [-0.25, -0.2) is 9.67 Å². The minimum atomic E-state index is 0.464. The topological polar surface area (TPSA) is 67.1 Å². The van der Waals surface area contributed by atoms with Crippen molar-refractivity contribution in [3.8, 4) is 5.69 Å². The molecule has 0 saturated heterocycles. The third-order valence-electron chi connectivity index (χ3n) is 5.19. The zero-order chi connectivity index (χ0) is 18.4. The minimum absolute atomic E-state index is 0.464. The Labute approximate surface area is 156 Å². The summed E-state index contributed by atoms with van der Waals surface area (Å²) in [7, 11) is 1.83. The zero-order valence-electron chi connectivity index (χ0n) is 16.1. The summed E-state index contributed by atoms with van der Waals surface area (Å²) in [6.45, 7) is 6.39. The molecule has 3 rings (SSSR count). The molecule has 6 heteroatoms. The molecule has 1 aliphatic rings. The second-order valence-electron chi connectivity index (χ2n) is 7.74. The molecule has 1 saturated carbocycles. The standard InChI is InChI=1S/C20H30N6/c1-16(2)11-20(9-4-10-20)13-24-19(21-3)23-12-17-5-7-18(8-6-17)26-15-22-14-25-26/h5-8,14-16H,4,9-13H2,1-3H3,(H2,21,23,24). The molecule has 2 aromatic rings. The molecule has 6 nitrogen and oxygen atoms in total. The van der Waals surface area contributed by atoms with Crippen LogP contribution < -0.4 is 10.6 Å². The van der Waals surface area contributed by atoms with Crippen molar-refractivity contribution in [1.82, 2.24) is 25.4 Å². The van der Waals surface area contributed by atoms with Crippen molar-refractivity contribution in [3.05, 3.63) is 42.5 Å². The van der Waals surface area contributed by atoms with E-state index in [9.17, 15) is 0 Å². The van der Waals surface area contributed by atoms with E-state index in [1.54, 1.807) is 17.3 Å². The fourth-order valence-electron chi connectivity index (χ4n) is 3.78. The Morgan fingerprint density at radius 3 is 2.54 bits per heavy atom. The molecule has 1 heterocycles. The molecule has 1 aliphatic carbocycles. The van der Waals surface area contributed by atoms with Gasteiger partial charge in [0.2, 0.25) is 0 Å². The molecule has 0 bridgehead atoms. The summed E-state index contributed by atoms with van der Waals surface area (Å²) in [5, 5.41) is 11.1. The number of nitrogens with one attached hydrogen (secondary N) is 2. The van der Waals surface area contributed by atoms with Gasteiger partial charge in [0.25, 0.3) is 0 Å². The van der Waals surface area contributed by atoms with E-state index in [4.69, 9.17) is 0 Å². The van der Waals surface area contributed by atoms with Gasteiger partial charge in [0.15, 0.2) is 5.96 Å². The van der Waals surface area contributed by atoms with Crippen LogP contribution in [0.5, 0.6) is 0 Å². The van der Waals surface area contributed by atoms with Gasteiger partial charge in [-0.05, 0) is 48.3 Å². The molecule has 1 aromatic carbocycles. The number of aliphatic imine (C=N–C) groups is 1. The highest BCUT2D eigenvalue weighted by Gasteiger charge is 2.37. The summed E-state index contributed by atoms with van der Waals surface area (Å²) in [5.74, 6) is 1.62. The van der Waals surface area contributed by atoms with E-state index >= 15 is 0 Å². The summed E-state index contributed by atoms with van der Waals surface area (Å²) in [6, 6.07) is 8.30. The zero-order valence-corrected chi connectivity index (χ0v) is 16.1. The summed E-state index contributed by atoms with van der Waals surface area (Å²) < 4.78 is 1.75. The van der Waals surface area contributed by atoms with Crippen molar-refractivity contribution >= 4 is 5.96 Å². The van der Waals surface area contributed by atoms with Crippen LogP contribution in [-0.4, -0.2) is 34.3 Å². The highest BCUT2D eigenvalue weighted by atomic mass is 15.3. The molecule has 0 amide bonds. The maximum Gasteiger partial charge on any atom is 0.191 e. The number of nitrogens with zero attached hydrogens (tertiary/aromatic N) is 4. The van der Waals surface area contributed by atoms with Crippen molar-refractivity contribution in [2.45, 2.75) is 46.1 Å². The van der Waals surface area contributed by atoms with Gasteiger partial charge in [-0.15, -0.1) is 0 Å². The smallest absolute Gasteiger partial charge is 0.191 e. The van der Waals surface area contributed by atoms with Gasteiger partial charge in [0.05, 0.1) is 5.69 Å². The largest absolute Gasteiger partial charge is 0.356 e. The summed E-state index contributed by atoms with van der Waals surface area (Å²) in [4.78, 5) is 8.35. The first-order chi connectivity index (χ1) is 12.6. The average Bonchev–Trinajstić information content (AvgIpc) is 3.14. The van der Waals surface area contributed by atoms with Crippen LogP contribution in [-0.2, 0) is 6.54 Å². The van der Waals surface area contributed by atoms with Crippen LogP contribution in [0.25, 0.3) is 5.69 Å². The monoisotopic (exact) mass is 354 g/mol. The van der Waals surface area contributed by atoms with Crippen LogP contribution in [0.2, 0.25) is 0 Å². The summed E-state index contributed by atoms with van der Waals surface area (Å²) in [6.07, 6.45) is 8.56. The highest BCUT2D eigenvalue weighted by molar-refractivity contribution is 5.79. The maximum atomic E-state index is 4.37. The fraction of sp³-hybridized carbons (Fsp3) is 0.550. The third-order valence-corrected chi connectivity index (χ3v) is 5.19. The SMILES string of the molecule is CN=C(NCc1ccc(-n2cncn2)cc1)NCC1(CC(C)C)CCC1. The quantitative estimate of drug-likeness (QED) is 0.592. The number of guanidine groups is 1. The molecule has 0 radical (unpaired) electrons. The number of aromatic nitrogens is 3. The molecule has 140 valence electrons. The lowest BCUT2D eigenvalue weighted by atomic mass is 9.64. The van der Waals surface area contributed by atoms with Gasteiger partial charge in [-0.2, -0.15) is 5.10 Å². The molecule has 0 spiro atoms. The average molecular weight is 355 g/mol. The predicted octanol–water partition coefficient (Wildman–Crippen LogP) is 3.15. The van der Waals surface area contributed by atoms with Crippen molar-refractivity contribution in [1.29, 1.82) is 0 Å². The molecule has 1 fully saturated rings. The molecular formula is C20H30N6. The first kappa shape index (κ1) is 18.4. The molecule has 0 aliphatic heterocycles. The van der Waals surface area contributed by atoms with Crippen LogP contribution in [0.15, 0.2) is 41.9 Å². The molecule has 0 unspecified atom stereocenters. The van der Waals surface area contributed by atoms with Crippen molar-refractivity contribution in [2.24, 2.45) is 16.3 Å². The van der Waals surface area contributed by atoms with E-state index < -0.39 is 0 Å². The summed E-state index contributed by atoms with van der Waals surface area (Å²) in [5.41, 5.74) is 2.68. The second kappa shape index (κ2) is 8.34. The lowest BCUT2D eigenvalue weighted by molar-refractivity contribution is 0.104. The van der Waals surface area contributed by atoms with Crippen molar-refractivity contribution in [3.63, 3.8) is 0 Å². The van der Waals surface area contributed by atoms with Gasteiger partial charge < -0.3 is 10.6 Å². The highest BCUT2D eigenvalue weighted by Crippen LogP contribution is 2.45. The van der Waals surface area contributed by atoms with Crippen LogP contribution >= 0.6 is 0 Å². The maximum absolute atomic E-state index is 4.37. The van der Waals surface area contributed by atoms with E-state index in [0.29, 0.717) is 5.41 Å². The Morgan fingerprint density at radius 1 is 1.23 bits per heavy atom. The van der Waals surface area contributed by atoms with E-state index in [2.05, 4.69) is 51.7 Å². The Bertz CT molecular complexity index is 698. The molecule has 1 aromatic heterocycles. The fourth-order valence-corrected chi connectivity index (χ4v) is 3.78. The first-order valence-corrected chi connectivity index (χ1v) is 9.49. The van der Waals surface area contributed by atoms with E-state index in [1.165, 1.54) is 31.2 Å². The van der Waals surface area contributed by atoms with Gasteiger partial charge in [0, 0.05) is 20.1 Å². The summed E-state index contributed by atoms with van der Waals surface area (Å²) >= 11 is 0. The number of benzene rings is 1. The lowest BCUT2D eigenvalue weighted by Crippen LogP contribution is -2.46. The number of hydrogen-bond donors (Lipinski definition) is 2. The van der Waals surface area contributed by atoms with Gasteiger partial charge in [-0.3, -0.25) is 4.99 Å². The first-order valence-electron chi connectivity index (χ1n) is 9.49. The Morgan fingerprint density at radius 2 is 2.00 bits per heavy atom. The lowest BCUT2D eigenvalue weighted by Gasteiger charge is -2.43. The molecule has 0 atom stereocenters. The third kappa shape index (κ3) is 4.62. The Balaban J connectivity index is 1.49. The van der Waals surface area contributed by atoms with Crippen LogP contribution in [0.3, 0.4) is 0 Å². The van der Waals surface area contributed by atoms with Crippen molar-refractivity contribution in [2.75, 3.05) is 13.6 Å². The normalized spacial score (nSPS) is 16.4. The molecule has 26 heavy (non-hydrogen) atoms. The van der Waals surface area contributed by atoms with Gasteiger partial charge >= 0.3 is 0 Å². The Kier molecular flexibility index (Phi) is 5.91. The van der Waals surface area contributed by atoms with E-state index in [0.717, 1.165) is 30.7 Å². The number of hydrogen-bond acceptors (Lipinski definition) is 3. The van der Waals surface area contributed by atoms with Gasteiger partial charge in [-0.1, -0.05) is 32.4 Å². The van der Waals surface area contributed by atoms with Crippen LogP contribution in [0.4, 0.5) is 0 Å². The Hall–Kier alpha value is -2.37. The molecule has 2 N–H and O–H groups in total. The van der Waals surface area contributed by atoms with E-state index in [1.807, 2.05) is 19.2 Å². The van der Waals surface area contributed by atoms with Crippen LogP contribution in [0, 0.1) is 11.3 Å². The predicted molar refractivity (Wildman–Crippen MR) is 105 cm³/mol. The van der Waals surface area contributed by atoms with Gasteiger partial charge in [0.1, 0.15) is 12.7 Å². The van der Waals surface area contributed by atoms with Crippen molar-refractivity contribution < 1.29 is 0 Å². The molecular weight excluding hydrogens is 324 g/mol.